The summed E-state index contributed by atoms with van der Waals surface area (Å²) in [6.07, 6.45) is 0. The van der Waals surface area contributed by atoms with Gasteiger partial charge in [-0.15, -0.1) is 0 Å². The van der Waals surface area contributed by atoms with Gasteiger partial charge in [-0.25, -0.2) is 8.42 Å². The average Bonchev–Trinajstić information content (AvgIpc) is 4.39. The van der Waals surface area contributed by atoms with Crippen LogP contribution in [0.5, 0.6) is 5.75 Å². The lowest BCUT2D eigenvalue weighted by Gasteiger charge is -2.29. The quantitative estimate of drug-likeness (QED) is 0.131. The summed E-state index contributed by atoms with van der Waals surface area (Å²) in [5.41, 5.74) is 3.50. The summed E-state index contributed by atoms with van der Waals surface area (Å²) < 4.78 is 41.8. The molecule has 0 N–H and O–H groups in total. The Bertz CT molecular complexity index is 7080. The molecule has 0 saturated carbocycles. The summed E-state index contributed by atoms with van der Waals surface area (Å²) in [6, 6.07) is 7.40. The molecule has 1 saturated heterocycles. The smallest absolute Gasteiger partial charge is 0.245 e. The van der Waals surface area contributed by atoms with Gasteiger partial charge in [0, 0.05) is 0 Å². The number of hydrogen-bond donors (Lipinski definition) is 0. The van der Waals surface area contributed by atoms with Gasteiger partial charge in [0.1, 0.15) is 16.8 Å². The van der Waals surface area contributed by atoms with E-state index in [-0.39, 0.29) is 0 Å². The van der Waals surface area contributed by atoms with Crippen molar-refractivity contribution < 1.29 is 13.2 Å². The minimum atomic E-state index is -4.17. The normalized spacial score (nSPS) is 23.2. The molecule has 4 nitrogen and oxygen atoms in total. The molecule has 1 aliphatic heterocycles. The van der Waals surface area contributed by atoms with E-state index >= 15 is 8.42 Å². The fraction of sp³-hybridized carbons (Fsp3) is 0.0448. The van der Waals surface area contributed by atoms with E-state index in [0.29, 0.717) is 10.6 Å². The Balaban J connectivity index is 1.13. The summed E-state index contributed by atoms with van der Waals surface area (Å²) in [5.74, 6) is 0.672. The third-order valence-corrected chi connectivity index (χ3v) is 27.3. The lowest BCUT2D eigenvalue weighted by molar-refractivity contribution is 0.414. The van der Waals surface area contributed by atoms with Gasteiger partial charge in [-0.05, 0) is 337 Å². The van der Waals surface area contributed by atoms with E-state index in [2.05, 4.69) is 4.31 Å². The predicted molar refractivity (Wildman–Crippen MR) is 296 cm³/mol. The summed E-state index contributed by atoms with van der Waals surface area (Å²) in [4.78, 5) is 0.361. The first-order valence-electron chi connectivity index (χ1n) is 26.1. The summed E-state index contributed by atoms with van der Waals surface area (Å²) in [5, 5.41) is 81.6. The second kappa shape index (κ2) is 6.03. The van der Waals surface area contributed by atoms with E-state index in [4.69, 9.17) is 4.74 Å². The maximum absolute atomic E-state index is 17.0. The van der Waals surface area contributed by atoms with Crippen molar-refractivity contribution in [1.29, 1.82) is 0 Å². The zero-order valence-electron chi connectivity index (χ0n) is 36.4. The second-order valence-electron chi connectivity index (χ2n) is 25.6. The van der Waals surface area contributed by atoms with Crippen molar-refractivity contribution in [3.63, 3.8) is 0 Å². The van der Waals surface area contributed by atoms with Gasteiger partial charge in [-0.2, -0.15) is 4.31 Å². The molecule has 304 valence electrons. The van der Waals surface area contributed by atoms with Crippen LogP contribution in [0.1, 0.15) is 22.3 Å². The minimum Gasteiger partial charge on any atom is -0.497 e. The summed E-state index contributed by atoms with van der Waals surface area (Å²) in [7, 11) is -2.50. The molecule has 29 aromatic rings. The first-order valence-corrected chi connectivity index (χ1v) is 27.5. The topological polar surface area (TPSA) is 46.4 Å². The van der Waals surface area contributed by atoms with Crippen LogP contribution >= 0.6 is 0 Å². The molecular formula is C67H7NO3S. The van der Waals surface area contributed by atoms with Gasteiger partial charge in [0.05, 0.1) is 12.0 Å². The van der Waals surface area contributed by atoms with E-state index in [9.17, 15) is 0 Å². The van der Waals surface area contributed by atoms with Gasteiger partial charge >= 0.3 is 0 Å². The molecule has 5 heteroatoms. The first kappa shape index (κ1) is 27.1. The first-order chi connectivity index (χ1) is 35.6. The zero-order chi connectivity index (χ0) is 43.3. The molecule has 0 aromatic heterocycles. The van der Waals surface area contributed by atoms with Crippen LogP contribution in [0, 0.1) is 0 Å². The molecule has 0 unspecified atom stereocenters. The van der Waals surface area contributed by atoms with E-state index in [0.717, 1.165) is 0 Å². The van der Waals surface area contributed by atoms with Crippen LogP contribution in [-0.2, 0) is 21.1 Å². The van der Waals surface area contributed by atoms with E-state index in [1.54, 1.807) is 104 Å². The van der Waals surface area contributed by atoms with Crippen LogP contribution in [0.4, 0.5) is 0 Å². The molecule has 1 heterocycles. The number of sulfonamides is 1. The number of ether oxygens (including phenoxy) is 1. The second-order valence-corrected chi connectivity index (χ2v) is 27.4. The molecule has 34 rings (SSSR count). The third kappa shape index (κ3) is 1.41. The Morgan fingerprint density at radius 2 is 0.417 bits per heavy atom. The van der Waals surface area contributed by atoms with Crippen molar-refractivity contribution in [3.05, 3.63) is 46.5 Å². The maximum atomic E-state index is 17.0. The summed E-state index contributed by atoms with van der Waals surface area (Å²) >= 11 is 0. The van der Waals surface area contributed by atoms with Gasteiger partial charge in [-0.1, -0.05) is 0 Å². The molecule has 5 aliphatic rings. The van der Waals surface area contributed by atoms with Gasteiger partial charge in [0.15, 0.2) is 0 Å². The van der Waals surface area contributed by atoms with Gasteiger partial charge in [0.2, 0.25) is 10.0 Å². The molecular weight excluding hydrogens is 899 g/mol. The number of rotatable bonds is 3. The number of nitrogens with zero attached hydrogens (tertiary/aromatic N) is 1. The van der Waals surface area contributed by atoms with Crippen LogP contribution in [-0.4, -0.2) is 19.8 Å². The highest BCUT2D eigenvalue weighted by molar-refractivity contribution is 7.89. The van der Waals surface area contributed by atoms with Crippen molar-refractivity contribution >= 4 is 301 Å². The fourth-order valence-corrected chi connectivity index (χ4v) is 27.1. The van der Waals surface area contributed by atoms with Gasteiger partial charge in [0.25, 0.3) is 0 Å². The highest BCUT2D eigenvalue weighted by atomic mass is 32.2. The third-order valence-electron chi connectivity index (χ3n) is 25.4. The Hall–Kier alpha value is -8.61. The molecule has 0 radical (unpaired) electrons. The number of methoxy groups -OCH3 is 1. The molecule has 4 aliphatic carbocycles. The van der Waals surface area contributed by atoms with E-state index in [1.807, 2.05) is 24.3 Å². The van der Waals surface area contributed by atoms with E-state index in [1.165, 1.54) is 216 Å². The molecule has 29 aromatic carbocycles. The SMILES string of the molecule is COc1ccc(S(=O)(=O)N2C34c5c6c7c8c9c%10c(c%11c%12c3c3c5c5c%13c6c6c7c7c9c9c%14c%10c%10c%11c%11c%12c%12c3c3c5c5c%13c%13c6c6c7c9c7c9c%14c%10c%10c%11c%11c%12c3c3c5c5c%13c6c7c6c9c%10c%11c3c56)C824)cc1. The van der Waals surface area contributed by atoms with Crippen LogP contribution < -0.4 is 4.74 Å². The predicted octanol–water partition coefficient (Wildman–Crippen LogP) is 16.9. The molecule has 0 atom stereocenters. The largest absolute Gasteiger partial charge is 0.497 e. The number of hydrogen-bond acceptors (Lipinski definition) is 3. The molecule has 0 bridgehead atoms. The highest BCUT2D eigenvalue weighted by Gasteiger charge is 2.89. The Morgan fingerprint density at radius 3 is 0.569 bits per heavy atom. The zero-order valence-corrected chi connectivity index (χ0v) is 37.2. The van der Waals surface area contributed by atoms with Crippen molar-refractivity contribution in [2.24, 2.45) is 0 Å². The van der Waals surface area contributed by atoms with Gasteiger partial charge in [-0.3, -0.25) is 0 Å². The molecule has 72 heavy (non-hydrogen) atoms. The standard InChI is InChI=1S/C67H7NO3S/c1-71-6-2-4-7(5-3-6)72(69,70)68-66-62-54-46-36-26-18-10-8-9-12-16-14(10)22-30-24(16)34-28-20(12)21-13(9)17-15-11(8)19(18)27-33-23(15)31-25(17)35-29(21)39-38(28)48-42(34)52-44(30)50(40(46)32(22)26)58(62)60(52)64-56(48)57-49(39)43(35)53-45(31)51-41(33)47(37(27)36)55(54)63(66)59(51)61(53)65(57)67(64,66)68/h2-5H,1H3. The van der Waals surface area contributed by atoms with Crippen LogP contribution in [0.25, 0.3) is 291 Å². The van der Waals surface area contributed by atoms with Crippen molar-refractivity contribution in [2.45, 2.75) is 16.0 Å². The highest BCUT2D eigenvalue weighted by Crippen LogP contribution is 2.91. The maximum Gasteiger partial charge on any atom is 0.245 e. The number of benzene rings is 19. The van der Waals surface area contributed by atoms with Gasteiger partial charge < -0.3 is 4.74 Å². The minimum absolute atomic E-state index is 0.361. The van der Waals surface area contributed by atoms with Crippen molar-refractivity contribution in [2.75, 3.05) is 7.11 Å². The lowest BCUT2D eigenvalue weighted by Crippen LogP contribution is -2.27. The Kier molecular flexibility index (Phi) is 2.27. The lowest BCUT2D eigenvalue weighted by atomic mass is 9.68. The van der Waals surface area contributed by atoms with Crippen LogP contribution in [0.3, 0.4) is 0 Å². The monoisotopic (exact) mass is 905 g/mol. The van der Waals surface area contributed by atoms with Crippen LogP contribution in [0.15, 0.2) is 29.2 Å². The van der Waals surface area contributed by atoms with E-state index < -0.39 is 21.1 Å². The molecule has 2 spiro atoms. The molecule has 0 amide bonds. The Labute approximate surface area is 391 Å². The molecule has 1 fully saturated rings. The Morgan fingerprint density at radius 1 is 0.264 bits per heavy atom. The van der Waals surface area contributed by atoms with Crippen molar-refractivity contribution in [3.8, 4) is 5.75 Å². The van der Waals surface area contributed by atoms with Crippen LogP contribution in [0.2, 0.25) is 0 Å². The fourth-order valence-electron chi connectivity index (χ4n) is 25.1. The average molecular weight is 906 g/mol. The summed E-state index contributed by atoms with van der Waals surface area (Å²) in [6.45, 7) is 0. The van der Waals surface area contributed by atoms with Crippen molar-refractivity contribution in [1.82, 2.24) is 4.31 Å².